The van der Waals surface area contributed by atoms with Gasteiger partial charge in [-0.2, -0.15) is 0 Å². The molecule has 6 heteroatoms. The fraction of sp³-hybridized carbons (Fsp3) is 0.368. The molecule has 1 unspecified atom stereocenters. The first kappa shape index (κ1) is 17.2. The van der Waals surface area contributed by atoms with Crippen molar-refractivity contribution >= 4 is 5.97 Å². The predicted molar refractivity (Wildman–Crippen MR) is 92.8 cm³/mol. The second-order valence-corrected chi connectivity index (χ2v) is 6.06. The molecule has 2 aromatic rings. The van der Waals surface area contributed by atoms with Gasteiger partial charge in [0.2, 0.25) is 0 Å². The Labute approximate surface area is 147 Å². The van der Waals surface area contributed by atoms with Crippen LogP contribution in [0.3, 0.4) is 0 Å². The third-order valence-corrected chi connectivity index (χ3v) is 4.42. The van der Waals surface area contributed by atoms with Gasteiger partial charge >= 0.3 is 5.97 Å². The molecule has 6 nitrogen and oxygen atoms in total. The van der Waals surface area contributed by atoms with E-state index in [2.05, 4.69) is 4.98 Å². The molecule has 0 saturated carbocycles. The molecule has 0 spiro atoms. The van der Waals surface area contributed by atoms with Crippen LogP contribution in [0.25, 0.3) is 0 Å². The molecule has 1 aliphatic rings. The van der Waals surface area contributed by atoms with E-state index in [-0.39, 0.29) is 6.10 Å². The summed E-state index contributed by atoms with van der Waals surface area (Å²) in [5.74, 6) is 0.571. The maximum Gasteiger partial charge on any atom is 0.325 e. The van der Waals surface area contributed by atoms with Crippen molar-refractivity contribution in [2.45, 2.75) is 25.0 Å². The molecule has 0 amide bonds. The van der Waals surface area contributed by atoms with Crippen molar-refractivity contribution in [2.24, 2.45) is 0 Å². The van der Waals surface area contributed by atoms with E-state index in [1.165, 1.54) is 0 Å². The third kappa shape index (κ3) is 4.28. The lowest BCUT2D eigenvalue weighted by atomic mass is 10.00. The van der Waals surface area contributed by atoms with Crippen LogP contribution in [0.1, 0.15) is 24.4 Å². The van der Waals surface area contributed by atoms with Crippen LogP contribution in [0, 0.1) is 0 Å². The van der Waals surface area contributed by atoms with Crippen LogP contribution in [0.4, 0.5) is 0 Å². The van der Waals surface area contributed by atoms with E-state index < -0.39 is 12.0 Å². The standard InChI is InChI=1S/C19H22N2O4/c1-24-16-5-2-4-14(12-16)18(19(22)23)21-10-7-15(8-11-21)25-17-6-3-9-20-13-17/h2-6,9,12-13,15,18H,7-8,10-11H2,1H3,(H,22,23). The summed E-state index contributed by atoms with van der Waals surface area (Å²) in [6, 6.07) is 10.3. The summed E-state index contributed by atoms with van der Waals surface area (Å²) in [6.07, 6.45) is 5.05. The Hall–Kier alpha value is -2.60. The van der Waals surface area contributed by atoms with Crippen molar-refractivity contribution < 1.29 is 19.4 Å². The van der Waals surface area contributed by atoms with Gasteiger partial charge in [-0.1, -0.05) is 12.1 Å². The zero-order valence-corrected chi connectivity index (χ0v) is 14.2. The maximum absolute atomic E-state index is 11.8. The average Bonchev–Trinajstić information content (AvgIpc) is 2.64. The highest BCUT2D eigenvalue weighted by atomic mass is 16.5. The molecule has 1 aliphatic heterocycles. The number of carboxylic acid groups (broad SMARTS) is 1. The molecule has 1 fully saturated rings. The first-order chi connectivity index (χ1) is 12.2. The Morgan fingerprint density at radius 2 is 2.00 bits per heavy atom. The molecule has 1 atom stereocenters. The number of rotatable bonds is 6. The number of pyridine rings is 1. The van der Waals surface area contributed by atoms with Gasteiger partial charge in [0.1, 0.15) is 23.6 Å². The molecule has 0 bridgehead atoms. The zero-order chi connectivity index (χ0) is 17.6. The molecule has 3 rings (SSSR count). The summed E-state index contributed by atoms with van der Waals surface area (Å²) in [5.41, 5.74) is 0.735. The van der Waals surface area contributed by atoms with Crippen LogP contribution in [-0.2, 0) is 4.79 Å². The fourth-order valence-corrected chi connectivity index (χ4v) is 3.18. The molecule has 132 valence electrons. The predicted octanol–water partition coefficient (Wildman–Crippen LogP) is 2.76. The van der Waals surface area contributed by atoms with Crippen LogP contribution in [0.2, 0.25) is 0 Å². The fourth-order valence-electron chi connectivity index (χ4n) is 3.18. The zero-order valence-electron chi connectivity index (χ0n) is 14.2. The Morgan fingerprint density at radius 1 is 1.24 bits per heavy atom. The van der Waals surface area contributed by atoms with Gasteiger partial charge in [-0.15, -0.1) is 0 Å². The van der Waals surface area contributed by atoms with Gasteiger partial charge in [-0.25, -0.2) is 0 Å². The topological polar surface area (TPSA) is 71.9 Å². The number of hydrogen-bond donors (Lipinski definition) is 1. The van der Waals surface area contributed by atoms with Crippen LogP contribution in [0.5, 0.6) is 11.5 Å². The third-order valence-electron chi connectivity index (χ3n) is 4.42. The highest BCUT2D eigenvalue weighted by Gasteiger charge is 2.31. The number of likely N-dealkylation sites (tertiary alicyclic amines) is 1. The molecule has 0 aliphatic carbocycles. The van der Waals surface area contributed by atoms with Crippen LogP contribution < -0.4 is 9.47 Å². The van der Waals surface area contributed by atoms with Crippen molar-refractivity contribution in [1.29, 1.82) is 0 Å². The largest absolute Gasteiger partial charge is 0.497 e. The van der Waals surface area contributed by atoms with E-state index in [1.807, 2.05) is 35.2 Å². The number of hydrogen-bond acceptors (Lipinski definition) is 5. The van der Waals surface area contributed by atoms with E-state index in [4.69, 9.17) is 9.47 Å². The highest BCUT2D eigenvalue weighted by molar-refractivity contribution is 5.75. The van der Waals surface area contributed by atoms with Crippen molar-refractivity contribution in [2.75, 3.05) is 20.2 Å². The number of benzene rings is 1. The number of piperidine rings is 1. The smallest absolute Gasteiger partial charge is 0.325 e. The van der Waals surface area contributed by atoms with Crippen LogP contribution in [-0.4, -0.2) is 47.3 Å². The van der Waals surface area contributed by atoms with Crippen molar-refractivity contribution in [3.63, 3.8) is 0 Å². The lowest BCUT2D eigenvalue weighted by Crippen LogP contribution is -2.43. The Bertz CT molecular complexity index is 700. The summed E-state index contributed by atoms with van der Waals surface area (Å²) in [6.45, 7) is 1.33. The van der Waals surface area contributed by atoms with Gasteiger partial charge < -0.3 is 14.6 Å². The minimum Gasteiger partial charge on any atom is -0.497 e. The number of methoxy groups -OCH3 is 1. The number of carbonyl (C=O) groups is 1. The second kappa shape index (κ2) is 7.98. The molecule has 1 aromatic heterocycles. The number of carboxylic acids is 1. The Morgan fingerprint density at radius 3 is 2.64 bits per heavy atom. The van der Waals surface area contributed by atoms with Gasteiger partial charge in [-0.05, 0) is 42.7 Å². The van der Waals surface area contributed by atoms with Crippen molar-refractivity contribution in [1.82, 2.24) is 9.88 Å². The summed E-state index contributed by atoms with van der Waals surface area (Å²) in [4.78, 5) is 17.9. The van der Waals surface area contributed by atoms with Gasteiger partial charge in [-0.3, -0.25) is 14.7 Å². The first-order valence-corrected chi connectivity index (χ1v) is 8.35. The average molecular weight is 342 g/mol. The maximum atomic E-state index is 11.8. The highest BCUT2D eigenvalue weighted by Crippen LogP contribution is 2.28. The van der Waals surface area contributed by atoms with Crippen LogP contribution >= 0.6 is 0 Å². The van der Waals surface area contributed by atoms with E-state index >= 15 is 0 Å². The van der Waals surface area contributed by atoms with Gasteiger partial charge in [0, 0.05) is 19.3 Å². The second-order valence-electron chi connectivity index (χ2n) is 6.06. The Balaban J connectivity index is 1.65. The van der Waals surface area contributed by atoms with Gasteiger partial charge in [0.05, 0.1) is 13.3 Å². The van der Waals surface area contributed by atoms with Gasteiger partial charge in [0.15, 0.2) is 0 Å². The number of aliphatic carboxylic acids is 1. The van der Waals surface area contributed by atoms with Crippen molar-refractivity contribution in [3.05, 3.63) is 54.4 Å². The summed E-state index contributed by atoms with van der Waals surface area (Å²) in [5, 5.41) is 9.72. The molecular weight excluding hydrogens is 320 g/mol. The SMILES string of the molecule is COc1cccc(C(C(=O)O)N2CCC(Oc3cccnc3)CC2)c1. The van der Waals surface area contributed by atoms with Gasteiger partial charge in [0.25, 0.3) is 0 Å². The normalized spacial score (nSPS) is 17.0. The molecular formula is C19H22N2O4. The lowest BCUT2D eigenvalue weighted by Gasteiger charge is -2.35. The monoisotopic (exact) mass is 342 g/mol. The first-order valence-electron chi connectivity index (χ1n) is 8.35. The molecule has 0 radical (unpaired) electrons. The molecule has 2 heterocycles. The summed E-state index contributed by atoms with van der Waals surface area (Å²) >= 11 is 0. The van der Waals surface area contributed by atoms with E-state index in [9.17, 15) is 9.90 Å². The van der Waals surface area contributed by atoms with Crippen LogP contribution in [0.15, 0.2) is 48.8 Å². The quantitative estimate of drug-likeness (QED) is 0.870. The lowest BCUT2D eigenvalue weighted by molar-refractivity contribution is -0.144. The summed E-state index contributed by atoms with van der Waals surface area (Å²) < 4.78 is 11.1. The molecule has 1 aromatic carbocycles. The molecule has 1 saturated heterocycles. The number of aromatic nitrogens is 1. The Kier molecular flexibility index (Phi) is 5.50. The molecule has 1 N–H and O–H groups in total. The summed E-state index contributed by atoms with van der Waals surface area (Å²) in [7, 11) is 1.58. The van der Waals surface area contributed by atoms with Crippen molar-refractivity contribution in [3.8, 4) is 11.5 Å². The minimum absolute atomic E-state index is 0.0835. The minimum atomic E-state index is -0.847. The van der Waals surface area contributed by atoms with E-state index in [0.29, 0.717) is 18.8 Å². The number of ether oxygens (including phenoxy) is 2. The number of nitrogens with zero attached hydrogens (tertiary/aromatic N) is 2. The van der Waals surface area contributed by atoms with E-state index in [0.717, 1.165) is 24.2 Å². The molecule has 25 heavy (non-hydrogen) atoms. The van der Waals surface area contributed by atoms with E-state index in [1.54, 1.807) is 25.6 Å².